The number of carbonyl (C=O) groups excluding carboxylic acids is 2. The molecular weight excluding hydrogens is 376 g/mol. The van der Waals surface area contributed by atoms with Crippen LogP contribution in [-0.2, 0) is 9.59 Å². The molecule has 0 amide bonds. The van der Waals surface area contributed by atoms with Gasteiger partial charge in [-0.2, -0.15) is 0 Å². The lowest BCUT2D eigenvalue weighted by molar-refractivity contribution is -0.133. The SMILES string of the molecule is CC[C@H]1C2=C(CC(C)(C)CC2=O)Nc2ccccc2N1CC(=O)Oc1ccccc1. The van der Waals surface area contributed by atoms with E-state index >= 15 is 0 Å². The number of fused-ring (bicyclic) bond motifs is 1. The van der Waals surface area contributed by atoms with Crippen LogP contribution in [0.5, 0.6) is 5.75 Å². The lowest BCUT2D eigenvalue weighted by atomic mass is 9.74. The van der Waals surface area contributed by atoms with Crippen LogP contribution < -0.4 is 15.0 Å². The second-order valence-electron chi connectivity index (χ2n) is 8.81. The highest BCUT2D eigenvalue weighted by molar-refractivity contribution is 6.01. The van der Waals surface area contributed by atoms with Crippen molar-refractivity contribution in [1.29, 1.82) is 0 Å². The summed E-state index contributed by atoms with van der Waals surface area (Å²) in [7, 11) is 0. The van der Waals surface area contributed by atoms with Crippen LogP contribution in [-0.4, -0.2) is 24.3 Å². The van der Waals surface area contributed by atoms with Crippen molar-refractivity contribution in [3.8, 4) is 5.75 Å². The number of allylic oxidation sites excluding steroid dienone is 1. The molecule has 2 aliphatic rings. The Labute approximate surface area is 177 Å². The first-order valence-corrected chi connectivity index (χ1v) is 10.5. The lowest BCUT2D eigenvalue weighted by Gasteiger charge is -2.37. The van der Waals surface area contributed by atoms with E-state index in [1.807, 2.05) is 47.4 Å². The molecule has 0 aromatic heterocycles. The molecule has 4 rings (SSSR count). The summed E-state index contributed by atoms with van der Waals surface area (Å²) in [5.41, 5.74) is 3.53. The van der Waals surface area contributed by atoms with Crippen LogP contribution in [0.2, 0.25) is 0 Å². The molecule has 0 unspecified atom stereocenters. The summed E-state index contributed by atoms with van der Waals surface area (Å²) in [6.45, 7) is 6.39. The Hall–Kier alpha value is -3.08. The minimum absolute atomic E-state index is 0.0690. The summed E-state index contributed by atoms with van der Waals surface area (Å²) < 4.78 is 5.56. The number of nitrogens with zero attached hydrogens (tertiary/aromatic N) is 1. The molecule has 0 fully saturated rings. The zero-order chi connectivity index (χ0) is 21.3. The molecule has 0 bridgehead atoms. The number of benzene rings is 2. The van der Waals surface area contributed by atoms with Gasteiger partial charge in [-0.05, 0) is 42.5 Å². The Morgan fingerprint density at radius 2 is 1.80 bits per heavy atom. The summed E-state index contributed by atoms with van der Waals surface area (Å²) in [5, 5.41) is 3.53. The summed E-state index contributed by atoms with van der Waals surface area (Å²) in [6, 6.07) is 16.8. The van der Waals surface area contributed by atoms with E-state index in [2.05, 4.69) is 26.1 Å². The topological polar surface area (TPSA) is 58.6 Å². The van der Waals surface area contributed by atoms with Gasteiger partial charge in [0.2, 0.25) is 0 Å². The fraction of sp³-hybridized carbons (Fsp3) is 0.360. The summed E-state index contributed by atoms with van der Waals surface area (Å²) in [5.74, 6) is 0.337. The molecule has 2 aromatic carbocycles. The number of rotatable bonds is 4. The molecule has 0 saturated heterocycles. The molecule has 1 aliphatic heterocycles. The number of nitrogens with one attached hydrogen (secondary N) is 1. The molecule has 0 radical (unpaired) electrons. The third-order valence-electron chi connectivity index (χ3n) is 5.79. The Morgan fingerprint density at radius 1 is 1.10 bits per heavy atom. The quantitative estimate of drug-likeness (QED) is 0.577. The first-order valence-electron chi connectivity index (χ1n) is 10.5. The predicted molar refractivity (Wildman–Crippen MR) is 119 cm³/mol. The maximum absolute atomic E-state index is 13.2. The van der Waals surface area contributed by atoms with Gasteiger partial charge in [-0.25, -0.2) is 4.79 Å². The monoisotopic (exact) mass is 404 g/mol. The number of Topliss-reactive ketones (excluding diaryl/α,β-unsaturated/α-hetero) is 1. The molecule has 5 nitrogen and oxygen atoms in total. The van der Waals surface area contributed by atoms with E-state index < -0.39 is 0 Å². The molecule has 1 atom stereocenters. The average Bonchev–Trinajstić information content (AvgIpc) is 2.82. The minimum Gasteiger partial charge on any atom is -0.425 e. The highest BCUT2D eigenvalue weighted by Gasteiger charge is 2.40. The van der Waals surface area contributed by atoms with Crippen LogP contribution in [0.1, 0.15) is 40.0 Å². The number of para-hydroxylation sites is 3. The molecule has 0 saturated carbocycles. The van der Waals surface area contributed by atoms with Gasteiger partial charge in [-0.15, -0.1) is 0 Å². The van der Waals surface area contributed by atoms with E-state index in [4.69, 9.17) is 4.74 Å². The van der Waals surface area contributed by atoms with E-state index in [-0.39, 0.29) is 29.8 Å². The van der Waals surface area contributed by atoms with Gasteiger partial charge in [-0.1, -0.05) is 51.1 Å². The van der Waals surface area contributed by atoms with E-state index in [9.17, 15) is 9.59 Å². The Balaban J connectivity index is 1.72. The number of carbonyl (C=O) groups is 2. The Bertz CT molecular complexity index is 994. The third kappa shape index (κ3) is 3.97. The maximum Gasteiger partial charge on any atom is 0.330 e. The fourth-order valence-electron chi connectivity index (χ4n) is 4.56. The molecule has 5 heteroatoms. The maximum atomic E-state index is 13.2. The Morgan fingerprint density at radius 3 is 2.53 bits per heavy atom. The molecule has 0 spiro atoms. The van der Waals surface area contributed by atoms with Gasteiger partial charge in [0.25, 0.3) is 0 Å². The van der Waals surface area contributed by atoms with Crippen molar-refractivity contribution in [2.75, 3.05) is 16.8 Å². The number of ketones is 1. The zero-order valence-electron chi connectivity index (χ0n) is 17.8. The number of ether oxygens (including phenoxy) is 1. The molecule has 1 heterocycles. The molecular formula is C25H28N2O3. The van der Waals surface area contributed by atoms with Gasteiger partial charge in [0.05, 0.1) is 17.4 Å². The van der Waals surface area contributed by atoms with Gasteiger partial charge in [0, 0.05) is 17.7 Å². The van der Waals surface area contributed by atoms with Crippen molar-refractivity contribution in [3.63, 3.8) is 0 Å². The van der Waals surface area contributed by atoms with Crippen molar-refractivity contribution >= 4 is 23.1 Å². The van der Waals surface area contributed by atoms with Gasteiger partial charge < -0.3 is 15.0 Å². The minimum atomic E-state index is -0.345. The molecule has 2 aromatic rings. The van der Waals surface area contributed by atoms with Crippen molar-refractivity contribution in [2.24, 2.45) is 5.41 Å². The normalized spacial score (nSPS) is 20.0. The van der Waals surface area contributed by atoms with Crippen molar-refractivity contribution in [1.82, 2.24) is 0 Å². The summed E-state index contributed by atoms with van der Waals surface area (Å²) in [6.07, 6.45) is 2.05. The predicted octanol–water partition coefficient (Wildman–Crippen LogP) is 4.95. The van der Waals surface area contributed by atoms with Crippen LogP contribution >= 0.6 is 0 Å². The molecule has 1 aliphatic carbocycles. The second kappa shape index (κ2) is 7.98. The van der Waals surface area contributed by atoms with Crippen molar-refractivity contribution in [2.45, 2.75) is 46.1 Å². The second-order valence-corrected chi connectivity index (χ2v) is 8.81. The fourth-order valence-corrected chi connectivity index (χ4v) is 4.56. The number of esters is 1. The van der Waals surface area contributed by atoms with Crippen molar-refractivity contribution < 1.29 is 14.3 Å². The standard InChI is InChI=1S/C25H28N2O3/c1-4-20-24-19(14-25(2,3)15-22(24)28)26-18-12-8-9-13-21(18)27(20)16-23(29)30-17-10-6-5-7-11-17/h5-13,20,26H,4,14-16H2,1-3H3/t20-/m0/s1. The summed E-state index contributed by atoms with van der Waals surface area (Å²) >= 11 is 0. The van der Waals surface area contributed by atoms with Crippen molar-refractivity contribution in [3.05, 3.63) is 65.9 Å². The smallest absolute Gasteiger partial charge is 0.330 e. The number of anilines is 2. The van der Waals surface area contributed by atoms with Crippen LogP contribution in [0.3, 0.4) is 0 Å². The highest BCUT2D eigenvalue weighted by atomic mass is 16.5. The number of hydrogen-bond acceptors (Lipinski definition) is 5. The first-order chi connectivity index (χ1) is 14.4. The average molecular weight is 405 g/mol. The van der Waals surface area contributed by atoms with Crippen LogP contribution in [0, 0.1) is 5.41 Å². The van der Waals surface area contributed by atoms with E-state index in [1.165, 1.54) is 0 Å². The van der Waals surface area contributed by atoms with Gasteiger partial charge in [0.1, 0.15) is 12.3 Å². The zero-order valence-corrected chi connectivity index (χ0v) is 17.8. The lowest BCUT2D eigenvalue weighted by Crippen LogP contribution is -2.44. The third-order valence-corrected chi connectivity index (χ3v) is 5.79. The van der Waals surface area contributed by atoms with Crippen LogP contribution in [0.25, 0.3) is 0 Å². The van der Waals surface area contributed by atoms with Gasteiger partial charge in [-0.3, -0.25) is 4.79 Å². The van der Waals surface area contributed by atoms with Crippen LogP contribution in [0.15, 0.2) is 65.9 Å². The van der Waals surface area contributed by atoms with E-state index in [0.29, 0.717) is 12.2 Å². The molecule has 156 valence electrons. The molecule has 30 heavy (non-hydrogen) atoms. The van der Waals surface area contributed by atoms with Gasteiger partial charge >= 0.3 is 5.97 Å². The molecule has 1 N–H and O–H groups in total. The first kappa shape index (κ1) is 20.2. The van der Waals surface area contributed by atoms with Crippen LogP contribution in [0.4, 0.5) is 11.4 Å². The van der Waals surface area contributed by atoms with E-state index in [1.54, 1.807) is 12.1 Å². The van der Waals surface area contributed by atoms with E-state index in [0.717, 1.165) is 35.5 Å². The summed E-state index contributed by atoms with van der Waals surface area (Å²) in [4.78, 5) is 28.0. The highest BCUT2D eigenvalue weighted by Crippen LogP contribution is 2.44. The largest absolute Gasteiger partial charge is 0.425 e. The number of hydrogen-bond donors (Lipinski definition) is 1. The Kier molecular flexibility index (Phi) is 5.37. The van der Waals surface area contributed by atoms with Gasteiger partial charge in [0.15, 0.2) is 5.78 Å².